The van der Waals surface area contributed by atoms with Crippen molar-refractivity contribution in [3.05, 3.63) is 59.2 Å². The zero-order valence-corrected chi connectivity index (χ0v) is 20.7. The van der Waals surface area contributed by atoms with Crippen molar-refractivity contribution >= 4 is 21.6 Å². The van der Waals surface area contributed by atoms with Crippen molar-refractivity contribution in [1.82, 2.24) is 9.21 Å². The van der Waals surface area contributed by atoms with Crippen LogP contribution in [0.3, 0.4) is 0 Å². The van der Waals surface area contributed by atoms with Crippen LogP contribution in [0.4, 0.5) is 5.69 Å². The molecule has 3 rings (SSSR count). The number of amides is 1. The third-order valence-electron chi connectivity index (χ3n) is 6.27. The Balaban J connectivity index is 1.63. The normalized spacial score (nSPS) is 15.5. The van der Waals surface area contributed by atoms with E-state index in [1.165, 1.54) is 4.31 Å². The van der Waals surface area contributed by atoms with E-state index in [1.807, 2.05) is 56.8 Å². The molecule has 1 saturated heterocycles. The number of sulfonamides is 1. The van der Waals surface area contributed by atoms with E-state index in [2.05, 4.69) is 24.3 Å². The number of piperidine rings is 1. The van der Waals surface area contributed by atoms with Crippen LogP contribution in [-0.2, 0) is 21.4 Å². The number of hydrogen-bond donors (Lipinski definition) is 0. The van der Waals surface area contributed by atoms with Crippen LogP contribution in [0.1, 0.15) is 36.5 Å². The lowest BCUT2D eigenvalue weighted by Gasteiger charge is -2.33. The first-order chi connectivity index (χ1) is 15.1. The van der Waals surface area contributed by atoms with Gasteiger partial charge in [-0.15, -0.1) is 0 Å². The minimum atomic E-state index is -3.54. The molecule has 0 bridgehead atoms. The number of nitrogens with zero attached hydrogens (tertiary/aromatic N) is 3. The standard InChI is InChI=1S/C25H35N3O3S/c1-6-27(18-21-8-10-23(11-9-21)26(4)5)25(29)22-13-15-28(16-14-22)32(30,31)24-12-7-19(2)17-20(24)3/h7-12,17,22H,6,13-16,18H2,1-5H3. The summed E-state index contributed by atoms with van der Waals surface area (Å²) in [5.74, 6) is -0.0192. The summed E-state index contributed by atoms with van der Waals surface area (Å²) < 4.78 is 27.8. The first kappa shape index (κ1) is 24.3. The average molecular weight is 458 g/mol. The Morgan fingerprint density at radius 1 is 1.03 bits per heavy atom. The molecular weight excluding hydrogens is 422 g/mol. The quantitative estimate of drug-likeness (QED) is 0.634. The van der Waals surface area contributed by atoms with Crippen LogP contribution in [0.25, 0.3) is 0 Å². The van der Waals surface area contributed by atoms with Gasteiger partial charge >= 0.3 is 0 Å². The number of benzene rings is 2. The van der Waals surface area contributed by atoms with Crippen LogP contribution in [0.5, 0.6) is 0 Å². The summed E-state index contributed by atoms with van der Waals surface area (Å²) in [7, 11) is 0.467. The van der Waals surface area contributed by atoms with E-state index in [1.54, 1.807) is 6.07 Å². The van der Waals surface area contributed by atoms with Gasteiger partial charge in [-0.05, 0) is 62.9 Å². The van der Waals surface area contributed by atoms with Gasteiger partial charge < -0.3 is 9.80 Å². The van der Waals surface area contributed by atoms with E-state index in [0.717, 1.165) is 22.4 Å². The maximum atomic E-state index is 13.2. The lowest BCUT2D eigenvalue weighted by atomic mass is 9.96. The SMILES string of the molecule is CCN(Cc1ccc(N(C)C)cc1)C(=O)C1CCN(S(=O)(=O)c2ccc(C)cc2C)CC1. The van der Waals surface area contributed by atoms with Crippen molar-refractivity contribution < 1.29 is 13.2 Å². The van der Waals surface area contributed by atoms with E-state index >= 15 is 0 Å². The van der Waals surface area contributed by atoms with Gasteiger partial charge in [0.25, 0.3) is 0 Å². The first-order valence-corrected chi connectivity index (χ1v) is 12.7. The molecule has 0 radical (unpaired) electrons. The summed E-state index contributed by atoms with van der Waals surface area (Å²) in [5.41, 5.74) is 4.03. The third kappa shape index (κ3) is 5.33. The van der Waals surface area contributed by atoms with Gasteiger partial charge in [-0.25, -0.2) is 8.42 Å². The molecule has 1 heterocycles. The molecule has 32 heavy (non-hydrogen) atoms. The number of rotatable bonds is 7. The summed E-state index contributed by atoms with van der Waals surface area (Å²) in [6, 6.07) is 13.7. The van der Waals surface area contributed by atoms with E-state index in [9.17, 15) is 13.2 Å². The second-order valence-electron chi connectivity index (χ2n) is 8.86. The lowest BCUT2D eigenvalue weighted by Crippen LogP contribution is -2.44. The fraction of sp³-hybridized carbons (Fsp3) is 0.480. The predicted octanol–water partition coefficient (Wildman–Crippen LogP) is 3.82. The molecular formula is C25H35N3O3S. The Morgan fingerprint density at radius 2 is 1.66 bits per heavy atom. The highest BCUT2D eigenvalue weighted by atomic mass is 32.2. The van der Waals surface area contributed by atoms with Crippen LogP contribution in [-0.4, -0.2) is 57.3 Å². The summed E-state index contributed by atoms with van der Waals surface area (Å²) in [5, 5.41) is 0. The molecule has 0 unspecified atom stereocenters. The van der Waals surface area contributed by atoms with E-state index < -0.39 is 10.0 Å². The fourth-order valence-electron chi connectivity index (χ4n) is 4.29. The largest absolute Gasteiger partial charge is 0.378 e. The summed E-state index contributed by atoms with van der Waals surface area (Å²) in [6.45, 7) is 7.74. The van der Waals surface area contributed by atoms with E-state index in [-0.39, 0.29) is 11.8 Å². The first-order valence-electron chi connectivity index (χ1n) is 11.3. The molecule has 1 fully saturated rings. The molecule has 0 aliphatic carbocycles. The molecule has 174 valence electrons. The Kier molecular flexibility index (Phi) is 7.62. The molecule has 0 saturated carbocycles. The van der Waals surface area contributed by atoms with E-state index in [4.69, 9.17) is 0 Å². The fourth-order valence-corrected chi connectivity index (χ4v) is 5.97. The predicted molar refractivity (Wildman–Crippen MR) is 129 cm³/mol. The Morgan fingerprint density at radius 3 is 2.19 bits per heavy atom. The number of hydrogen-bond acceptors (Lipinski definition) is 4. The van der Waals surface area contributed by atoms with Crippen LogP contribution in [0.15, 0.2) is 47.4 Å². The topological polar surface area (TPSA) is 60.9 Å². The Bertz CT molecular complexity index is 1040. The number of aryl methyl sites for hydroxylation is 2. The van der Waals surface area contributed by atoms with Gasteiger partial charge in [-0.1, -0.05) is 29.8 Å². The second kappa shape index (κ2) is 10.0. The number of anilines is 1. The van der Waals surface area contributed by atoms with Crippen molar-refractivity contribution in [2.45, 2.75) is 45.1 Å². The number of carbonyl (C=O) groups is 1. The zero-order chi connectivity index (χ0) is 23.5. The minimum Gasteiger partial charge on any atom is -0.378 e. The molecule has 2 aromatic rings. The Labute approximate surface area is 192 Å². The maximum Gasteiger partial charge on any atom is 0.243 e. The van der Waals surface area contributed by atoms with Crippen molar-refractivity contribution in [3.63, 3.8) is 0 Å². The van der Waals surface area contributed by atoms with Crippen molar-refractivity contribution in [1.29, 1.82) is 0 Å². The molecule has 0 N–H and O–H groups in total. The smallest absolute Gasteiger partial charge is 0.243 e. The molecule has 1 amide bonds. The molecule has 7 heteroatoms. The molecule has 1 aliphatic rings. The molecule has 6 nitrogen and oxygen atoms in total. The van der Waals surface area contributed by atoms with Gasteiger partial charge in [0.1, 0.15) is 0 Å². The van der Waals surface area contributed by atoms with Gasteiger partial charge in [-0.2, -0.15) is 4.31 Å². The minimum absolute atomic E-state index is 0.118. The van der Waals surface area contributed by atoms with Gasteiger partial charge in [-0.3, -0.25) is 4.79 Å². The molecule has 0 atom stereocenters. The lowest BCUT2D eigenvalue weighted by molar-refractivity contribution is -0.137. The van der Waals surface area contributed by atoms with Gasteiger partial charge in [0.05, 0.1) is 4.90 Å². The van der Waals surface area contributed by atoms with Crippen LogP contribution < -0.4 is 4.90 Å². The van der Waals surface area contributed by atoms with Crippen LogP contribution >= 0.6 is 0 Å². The van der Waals surface area contributed by atoms with Crippen molar-refractivity contribution in [3.8, 4) is 0 Å². The third-order valence-corrected chi connectivity index (χ3v) is 8.33. The summed E-state index contributed by atoms with van der Waals surface area (Å²) >= 11 is 0. The van der Waals surface area contributed by atoms with Gasteiger partial charge in [0.15, 0.2) is 0 Å². The molecule has 0 aromatic heterocycles. The Hall–Kier alpha value is -2.38. The van der Waals surface area contributed by atoms with Crippen molar-refractivity contribution in [2.75, 3.05) is 38.6 Å². The highest BCUT2D eigenvalue weighted by molar-refractivity contribution is 7.89. The second-order valence-corrected chi connectivity index (χ2v) is 10.8. The zero-order valence-electron chi connectivity index (χ0n) is 19.8. The molecule has 1 aliphatic heterocycles. The molecule has 2 aromatic carbocycles. The van der Waals surface area contributed by atoms with Gasteiger partial charge in [0.2, 0.25) is 15.9 Å². The molecule has 0 spiro atoms. The van der Waals surface area contributed by atoms with Gasteiger partial charge in [0, 0.05) is 51.9 Å². The maximum absolute atomic E-state index is 13.2. The summed E-state index contributed by atoms with van der Waals surface area (Å²) in [4.78, 5) is 17.5. The highest BCUT2D eigenvalue weighted by Crippen LogP contribution is 2.27. The monoisotopic (exact) mass is 457 g/mol. The highest BCUT2D eigenvalue weighted by Gasteiger charge is 2.34. The van der Waals surface area contributed by atoms with Crippen molar-refractivity contribution in [2.24, 2.45) is 5.92 Å². The average Bonchev–Trinajstić information content (AvgIpc) is 2.77. The van der Waals surface area contributed by atoms with E-state index in [0.29, 0.717) is 43.9 Å². The van der Waals surface area contributed by atoms with Crippen LogP contribution in [0, 0.1) is 19.8 Å². The van der Waals surface area contributed by atoms with Crippen LogP contribution in [0.2, 0.25) is 0 Å². The summed E-state index contributed by atoms with van der Waals surface area (Å²) in [6.07, 6.45) is 1.11. The number of carbonyl (C=O) groups excluding carboxylic acids is 1.